The molecule has 0 aromatic heterocycles. The average molecular weight is 338 g/mol. The summed E-state index contributed by atoms with van der Waals surface area (Å²) >= 11 is 1.74. The van der Waals surface area contributed by atoms with E-state index in [1.165, 1.54) is 4.90 Å². The molecule has 1 fully saturated rings. The Morgan fingerprint density at radius 1 is 1.27 bits per heavy atom. The first-order chi connectivity index (χ1) is 10.3. The van der Waals surface area contributed by atoms with E-state index >= 15 is 0 Å². The van der Waals surface area contributed by atoms with Crippen LogP contribution in [0.3, 0.4) is 0 Å². The second kappa shape index (κ2) is 7.19. The van der Waals surface area contributed by atoms with Crippen molar-refractivity contribution in [1.82, 2.24) is 5.32 Å². The third-order valence-corrected chi connectivity index (χ3v) is 6.14. The summed E-state index contributed by atoms with van der Waals surface area (Å²) in [6, 6.07) is 10.3. The van der Waals surface area contributed by atoms with Gasteiger partial charge in [-0.05, 0) is 30.6 Å². The summed E-state index contributed by atoms with van der Waals surface area (Å²) in [4.78, 5) is 13.4. The normalized spacial score (nSPS) is 23.1. The molecule has 0 bridgehead atoms. The zero-order chi connectivity index (χ0) is 16.3. The lowest BCUT2D eigenvalue weighted by molar-refractivity contribution is -0.138. The Morgan fingerprint density at radius 3 is 2.41 bits per heavy atom. The van der Waals surface area contributed by atoms with E-state index in [1.54, 1.807) is 11.8 Å². The maximum atomic E-state index is 12.2. The quantitative estimate of drug-likeness (QED) is 0.638. The van der Waals surface area contributed by atoms with E-state index in [0.717, 1.165) is 0 Å². The number of carbonyl (C=O) groups excluding carboxylic acids is 1. The molecular weight excluding hydrogens is 310 g/mol. The first-order valence-corrected chi connectivity index (χ1v) is 11.6. The average Bonchev–Trinajstić information content (AvgIpc) is 2.42. The maximum absolute atomic E-state index is 12.2. The predicted molar refractivity (Wildman–Crippen MR) is 95.5 cm³/mol. The standard InChI is InChI=1S/C17H27NO2SSi/c1-17(2,3)13(11-20-22(4)5)14-15(19)18-16(14)21-12-9-7-6-8-10-12/h6-10,13-14,16,22H,11H2,1-5H3,(H,18,19)/t13-,14+,16-/m1/s1. The first-order valence-electron chi connectivity index (χ1n) is 7.92. The van der Waals surface area contributed by atoms with Crippen LogP contribution in [0.4, 0.5) is 0 Å². The molecule has 0 spiro atoms. The smallest absolute Gasteiger partial charge is 0.227 e. The van der Waals surface area contributed by atoms with Crippen LogP contribution in [0.15, 0.2) is 35.2 Å². The topological polar surface area (TPSA) is 38.3 Å². The van der Waals surface area contributed by atoms with E-state index in [2.05, 4.69) is 51.3 Å². The Balaban J connectivity index is 2.09. The summed E-state index contributed by atoms with van der Waals surface area (Å²) in [6.07, 6.45) is 0. The number of hydrogen-bond acceptors (Lipinski definition) is 3. The van der Waals surface area contributed by atoms with Gasteiger partial charge in [0.05, 0.1) is 11.3 Å². The van der Waals surface area contributed by atoms with E-state index in [9.17, 15) is 4.79 Å². The Hall–Kier alpha value is -0.783. The molecule has 1 aliphatic heterocycles. The van der Waals surface area contributed by atoms with Gasteiger partial charge in [0.15, 0.2) is 9.04 Å². The van der Waals surface area contributed by atoms with Crippen LogP contribution in [0.2, 0.25) is 13.1 Å². The number of thioether (sulfide) groups is 1. The number of hydrogen-bond donors (Lipinski definition) is 1. The van der Waals surface area contributed by atoms with E-state index in [4.69, 9.17) is 4.43 Å². The van der Waals surface area contributed by atoms with Crippen molar-refractivity contribution in [2.45, 2.75) is 44.1 Å². The number of carbonyl (C=O) groups is 1. The Kier molecular flexibility index (Phi) is 5.74. The summed E-state index contributed by atoms with van der Waals surface area (Å²) in [7, 11) is -1.07. The minimum Gasteiger partial charge on any atom is -0.420 e. The fourth-order valence-electron chi connectivity index (χ4n) is 2.70. The molecule has 1 heterocycles. The fourth-order valence-corrected chi connectivity index (χ4v) is 4.53. The van der Waals surface area contributed by atoms with Gasteiger partial charge < -0.3 is 9.74 Å². The molecule has 1 N–H and O–H groups in total. The SMILES string of the molecule is C[SiH](C)OC[C@H]([C@H]1C(=O)N[C@@H]1Sc1ccccc1)C(C)(C)C. The van der Waals surface area contributed by atoms with Crippen molar-refractivity contribution in [3.63, 3.8) is 0 Å². The van der Waals surface area contributed by atoms with Gasteiger partial charge in [-0.2, -0.15) is 0 Å². The van der Waals surface area contributed by atoms with Gasteiger partial charge in [0.1, 0.15) is 0 Å². The number of nitrogens with one attached hydrogen (secondary N) is 1. The molecule has 22 heavy (non-hydrogen) atoms. The van der Waals surface area contributed by atoms with Crippen LogP contribution in [0, 0.1) is 17.3 Å². The van der Waals surface area contributed by atoms with Gasteiger partial charge in [0, 0.05) is 17.4 Å². The summed E-state index contributed by atoms with van der Waals surface area (Å²) < 4.78 is 5.98. The number of benzene rings is 1. The predicted octanol–water partition coefficient (Wildman–Crippen LogP) is 3.51. The molecule has 1 saturated heterocycles. The summed E-state index contributed by atoms with van der Waals surface area (Å²) in [5, 5.41) is 3.21. The maximum Gasteiger partial charge on any atom is 0.227 e. The van der Waals surface area contributed by atoms with Gasteiger partial charge in [-0.1, -0.05) is 39.0 Å². The van der Waals surface area contributed by atoms with E-state index < -0.39 is 9.04 Å². The summed E-state index contributed by atoms with van der Waals surface area (Å²) in [5.74, 6) is 0.442. The largest absolute Gasteiger partial charge is 0.420 e. The molecule has 1 aromatic rings. The molecule has 0 aliphatic carbocycles. The van der Waals surface area contributed by atoms with Crippen LogP contribution in [0.25, 0.3) is 0 Å². The van der Waals surface area contributed by atoms with Crippen LogP contribution in [0.1, 0.15) is 20.8 Å². The molecule has 5 heteroatoms. The van der Waals surface area contributed by atoms with Gasteiger partial charge in [-0.15, -0.1) is 11.8 Å². The second-order valence-electron chi connectivity index (χ2n) is 7.24. The van der Waals surface area contributed by atoms with Crippen LogP contribution in [-0.4, -0.2) is 26.9 Å². The van der Waals surface area contributed by atoms with Crippen molar-refractivity contribution >= 4 is 26.7 Å². The van der Waals surface area contributed by atoms with Crippen molar-refractivity contribution in [2.75, 3.05) is 6.61 Å². The highest BCUT2D eigenvalue weighted by Crippen LogP contribution is 2.43. The first kappa shape index (κ1) is 17.6. The van der Waals surface area contributed by atoms with Crippen molar-refractivity contribution in [1.29, 1.82) is 0 Å². The Labute approximate surface area is 139 Å². The molecule has 0 saturated carbocycles. The molecule has 0 unspecified atom stereocenters. The lowest BCUT2D eigenvalue weighted by Crippen LogP contribution is -2.61. The van der Waals surface area contributed by atoms with E-state index in [-0.39, 0.29) is 28.5 Å². The zero-order valence-corrected chi connectivity index (χ0v) is 16.1. The number of β-lactam (4-membered cyclic amide) rings is 1. The van der Waals surface area contributed by atoms with Gasteiger partial charge in [0.25, 0.3) is 0 Å². The molecule has 3 atom stereocenters. The van der Waals surface area contributed by atoms with Gasteiger partial charge in [-0.25, -0.2) is 0 Å². The highest BCUT2D eigenvalue weighted by Gasteiger charge is 2.48. The second-order valence-corrected chi connectivity index (χ2v) is 10.9. The number of amides is 1. The number of rotatable bonds is 6. The van der Waals surface area contributed by atoms with Crippen molar-refractivity contribution in [2.24, 2.45) is 17.3 Å². The van der Waals surface area contributed by atoms with Crippen molar-refractivity contribution in [3.8, 4) is 0 Å². The minimum atomic E-state index is -1.07. The van der Waals surface area contributed by atoms with Crippen LogP contribution in [0.5, 0.6) is 0 Å². The molecule has 0 radical (unpaired) electrons. The fraction of sp³-hybridized carbons (Fsp3) is 0.588. The Morgan fingerprint density at radius 2 is 1.91 bits per heavy atom. The third-order valence-electron chi connectivity index (χ3n) is 4.07. The third kappa shape index (κ3) is 4.37. The molecule has 122 valence electrons. The lowest BCUT2D eigenvalue weighted by Gasteiger charge is -2.46. The molecular formula is C17H27NO2SSi. The van der Waals surface area contributed by atoms with Gasteiger partial charge in [-0.3, -0.25) is 4.79 Å². The van der Waals surface area contributed by atoms with Crippen LogP contribution >= 0.6 is 11.8 Å². The minimum absolute atomic E-state index is 0.0259. The molecule has 1 aliphatic rings. The summed E-state index contributed by atoms with van der Waals surface area (Å²) in [5.41, 5.74) is 0.0568. The molecule has 2 rings (SSSR count). The van der Waals surface area contributed by atoms with E-state index in [0.29, 0.717) is 6.61 Å². The molecule has 3 nitrogen and oxygen atoms in total. The summed E-state index contributed by atoms with van der Waals surface area (Å²) in [6.45, 7) is 11.7. The monoisotopic (exact) mass is 337 g/mol. The zero-order valence-electron chi connectivity index (χ0n) is 14.1. The molecule has 1 amide bonds. The van der Waals surface area contributed by atoms with Gasteiger partial charge >= 0.3 is 0 Å². The molecule has 1 aromatic carbocycles. The van der Waals surface area contributed by atoms with Crippen molar-refractivity contribution in [3.05, 3.63) is 30.3 Å². The van der Waals surface area contributed by atoms with Crippen molar-refractivity contribution < 1.29 is 9.22 Å². The highest BCUT2D eigenvalue weighted by molar-refractivity contribution is 8.00. The van der Waals surface area contributed by atoms with E-state index in [1.807, 2.05) is 18.2 Å². The Bertz CT molecular complexity index is 501. The van der Waals surface area contributed by atoms with Crippen LogP contribution in [-0.2, 0) is 9.22 Å². The highest BCUT2D eigenvalue weighted by atomic mass is 32.2. The lowest BCUT2D eigenvalue weighted by atomic mass is 9.71. The van der Waals surface area contributed by atoms with Crippen LogP contribution < -0.4 is 5.32 Å². The van der Waals surface area contributed by atoms with Gasteiger partial charge in [0.2, 0.25) is 5.91 Å².